The normalized spacial score (nSPS) is 10.7. The molecule has 0 saturated carbocycles. The summed E-state index contributed by atoms with van der Waals surface area (Å²) in [6.07, 6.45) is 4.17. The summed E-state index contributed by atoms with van der Waals surface area (Å²) in [7, 11) is 1.61. The van der Waals surface area contributed by atoms with Gasteiger partial charge in [-0.1, -0.05) is 31.2 Å². The molecule has 0 atom stereocenters. The number of hydrogen-bond acceptors (Lipinski definition) is 3. The predicted octanol–water partition coefficient (Wildman–Crippen LogP) is 4.62. The lowest BCUT2D eigenvalue weighted by Crippen LogP contribution is -2.11. The van der Waals surface area contributed by atoms with Gasteiger partial charge in [0.1, 0.15) is 0 Å². The van der Waals surface area contributed by atoms with E-state index in [0.717, 1.165) is 28.8 Å². The van der Waals surface area contributed by atoms with Crippen LogP contribution in [0.1, 0.15) is 30.5 Å². The molecule has 2 aromatic carbocycles. The van der Waals surface area contributed by atoms with Crippen molar-refractivity contribution < 1.29 is 14.3 Å². The molecule has 0 bridgehead atoms. The number of anilines is 1. The highest BCUT2D eigenvalue weighted by atomic mass is 16.5. The van der Waals surface area contributed by atoms with Gasteiger partial charge in [0.15, 0.2) is 11.5 Å². The van der Waals surface area contributed by atoms with E-state index in [0.29, 0.717) is 18.1 Å². The zero-order chi connectivity index (χ0) is 18.2. The number of hydrogen-bond donors (Lipinski definition) is 1. The average Bonchev–Trinajstić information content (AvgIpc) is 2.62. The number of benzene rings is 2. The standard InChI is InChI=1S/C21H25NO3/c1-5-17-9-7-8-15(3)21(17)22-20(23)13-11-16-10-12-18(24-4)19(14-16)25-6-2/h7-14H,5-6H2,1-4H3,(H,22,23)/b13-11+. The van der Waals surface area contributed by atoms with Gasteiger partial charge in [-0.15, -0.1) is 0 Å². The molecule has 2 rings (SSSR count). The molecule has 0 aliphatic carbocycles. The molecular weight excluding hydrogens is 314 g/mol. The van der Waals surface area contributed by atoms with Gasteiger partial charge in [-0.25, -0.2) is 0 Å². The third-order valence-corrected chi connectivity index (χ3v) is 3.90. The molecule has 0 unspecified atom stereocenters. The number of carbonyl (C=O) groups is 1. The first-order chi connectivity index (χ1) is 12.1. The van der Waals surface area contributed by atoms with Crippen LogP contribution in [-0.2, 0) is 11.2 Å². The minimum atomic E-state index is -0.155. The highest BCUT2D eigenvalue weighted by Gasteiger charge is 2.07. The van der Waals surface area contributed by atoms with Gasteiger partial charge in [0.05, 0.1) is 13.7 Å². The zero-order valence-electron chi connectivity index (χ0n) is 15.3. The van der Waals surface area contributed by atoms with E-state index < -0.39 is 0 Å². The molecule has 4 nitrogen and oxygen atoms in total. The van der Waals surface area contributed by atoms with Crippen molar-refractivity contribution in [2.24, 2.45) is 0 Å². The number of amides is 1. The van der Waals surface area contributed by atoms with E-state index in [1.807, 2.05) is 50.2 Å². The zero-order valence-corrected chi connectivity index (χ0v) is 15.3. The van der Waals surface area contributed by atoms with Crippen LogP contribution in [0.5, 0.6) is 11.5 Å². The minimum Gasteiger partial charge on any atom is -0.493 e. The van der Waals surface area contributed by atoms with Gasteiger partial charge in [0.25, 0.3) is 0 Å². The summed E-state index contributed by atoms with van der Waals surface area (Å²) in [6, 6.07) is 11.6. The molecule has 2 aromatic rings. The van der Waals surface area contributed by atoms with Crippen LogP contribution in [0.2, 0.25) is 0 Å². The van der Waals surface area contributed by atoms with Gasteiger partial charge in [-0.3, -0.25) is 4.79 Å². The molecule has 0 fully saturated rings. The topological polar surface area (TPSA) is 47.6 Å². The van der Waals surface area contributed by atoms with Crippen molar-refractivity contribution in [2.45, 2.75) is 27.2 Å². The van der Waals surface area contributed by atoms with Crippen molar-refractivity contribution in [3.05, 3.63) is 59.2 Å². The van der Waals surface area contributed by atoms with Crippen molar-refractivity contribution in [3.8, 4) is 11.5 Å². The molecule has 0 spiro atoms. The Labute approximate surface area is 149 Å². The van der Waals surface area contributed by atoms with E-state index in [4.69, 9.17) is 9.47 Å². The Morgan fingerprint density at radius 3 is 2.64 bits per heavy atom. The second-order valence-electron chi connectivity index (χ2n) is 5.63. The lowest BCUT2D eigenvalue weighted by atomic mass is 10.1. The first kappa shape index (κ1) is 18.6. The lowest BCUT2D eigenvalue weighted by Gasteiger charge is -2.11. The van der Waals surface area contributed by atoms with E-state index in [1.54, 1.807) is 13.2 Å². The van der Waals surface area contributed by atoms with Crippen molar-refractivity contribution >= 4 is 17.7 Å². The fraction of sp³-hybridized carbons (Fsp3) is 0.286. The third-order valence-electron chi connectivity index (χ3n) is 3.90. The van der Waals surface area contributed by atoms with Crippen LogP contribution in [0.4, 0.5) is 5.69 Å². The summed E-state index contributed by atoms with van der Waals surface area (Å²) >= 11 is 0. The Kier molecular flexibility index (Phi) is 6.63. The smallest absolute Gasteiger partial charge is 0.248 e. The SMILES string of the molecule is CCOc1cc(/C=C/C(=O)Nc2c(C)cccc2CC)ccc1OC. The van der Waals surface area contributed by atoms with E-state index >= 15 is 0 Å². The highest BCUT2D eigenvalue weighted by molar-refractivity contribution is 6.02. The molecule has 132 valence electrons. The molecule has 0 radical (unpaired) electrons. The Balaban J connectivity index is 2.14. The van der Waals surface area contributed by atoms with Gasteiger partial charge in [0.2, 0.25) is 5.91 Å². The fourth-order valence-corrected chi connectivity index (χ4v) is 2.60. The van der Waals surface area contributed by atoms with Crippen LogP contribution < -0.4 is 14.8 Å². The Morgan fingerprint density at radius 2 is 1.96 bits per heavy atom. The van der Waals surface area contributed by atoms with Crippen LogP contribution in [0.25, 0.3) is 6.08 Å². The summed E-state index contributed by atoms with van der Waals surface area (Å²) in [6.45, 7) is 6.54. The van der Waals surface area contributed by atoms with Gasteiger partial charge >= 0.3 is 0 Å². The number of carbonyl (C=O) groups excluding carboxylic acids is 1. The quantitative estimate of drug-likeness (QED) is 0.749. The van der Waals surface area contributed by atoms with Crippen LogP contribution >= 0.6 is 0 Å². The number of ether oxygens (including phenoxy) is 2. The van der Waals surface area contributed by atoms with E-state index in [1.165, 1.54) is 6.08 Å². The summed E-state index contributed by atoms with van der Waals surface area (Å²) in [5.74, 6) is 1.19. The highest BCUT2D eigenvalue weighted by Crippen LogP contribution is 2.28. The number of methoxy groups -OCH3 is 1. The first-order valence-electron chi connectivity index (χ1n) is 8.47. The Morgan fingerprint density at radius 1 is 1.16 bits per heavy atom. The monoisotopic (exact) mass is 339 g/mol. The Bertz CT molecular complexity index is 766. The minimum absolute atomic E-state index is 0.155. The summed E-state index contributed by atoms with van der Waals surface area (Å²) < 4.78 is 10.8. The van der Waals surface area contributed by atoms with E-state index in [9.17, 15) is 4.79 Å². The number of nitrogens with one attached hydrogen (secondary N) is 1. The maximum absolute atomic E-state index is 12.3. The second-order valence-corrected chi connectivity index (χ2v) is 5.63. The molecule has 4 heteroatoms. The van der Waals surface area contributed by atoms with Crippen LogP contribution in [0.15, 0.2) is 42.5 Å². The van der Waals surface area contributed by atoms with Gasteiger partial charge in [-0.05, 0) is 55.2 Å². The van der Waals surface area contributed by atoms with Crippen molar-refractivity contribution in [3.63, 3.8) is 0 Å². The van der Waals surface area contributed by atoms with E-state index in [2.05, 4.69) is 12.2 Å². The molecule has 0 aliphatic heterocycles. The molecular formula is C21H25NO3. The second kappa shape index (κ2) is 8.92. The molecule has 1 N–H and O–H groups in total. The predicted molar refractivity (Wildman–Crippen MR) is 102 cm³/mol. The van der Waals surface area contributed by atoms with Crippen molar-refractivity contribution in [1.82, 2.24) is 0 Å². The largest absolute Gasteiger partial charge is 0.493 e. The molecule has 1 amide bonds. The number of rotatable bonds is 7. The summed E-state index contributed by atoms with van der Waals surface area (Å²) in [5.41, 5.74) is 3.96. The summed E-state index contributed by atoms with van der Waals surface area (Å²) in [5, 5.41) is 2.98. The summed E-state index contributed by atoms with van der Waals surface area (Å²) in [4.78, 5) is 12.3. The molecule has 0 aromatic heterocycles. The lowest BCUT2D eigenvalue weighted by molar-refractivity contribution is -0.111. The number of para-hydroxylation sites is 1. The van der Waals surface area contributed by atoms with Crippen LogP contribution in [-0.4, -0.2) is 19.6 Å². The maximum Gasteiger partial charge on any atom is 0.248 e. The van der Waals surface area contributed by atoms with E-state index in [-0.39, 0.29) is 5.91 Å². The maximum atomic E-state index is 12.3. The van der Waals surface area contributed by atoms with Gasteiger partial charge in [-0.2, -0.15) is 0 Å². The molecule has 0 heterocycles. The van der Waals surface area contributed by atoms with Gasteiger partial charge in [0, 0.05) is 11.8 Å². The van der Waals surface area contributed by atoms with Gasteiger partial charge < -0.3 is 14.8 Å². The van der Waals surface area contributed by atoms with Crippen molar-refractivity contribution in [2.75, 3.05) is 19.0 Å². The average molecular weight is 339 g/mol. The van der Waals surface area contributed by atoms with Crippen LogP contribution in [0.3, 0.4) is 0 Å². The van der Waals surface area contributed by atoms with Crippen LogP contribution in [0, 0.1) is 6.92 Å². The number of aryl methyl sites for hydroxylation is 2. The molecule has 25 heavy (non-hydrogen) atoms. The van der Waals surface area contributed by atoms with Crippen molar-refractivity contribution in [1.29, 1.82) is 0 Å². The molecule has 0 aliphatic rings. The molecule has 0 saturated heterocycles. The third kappa shape index (κ3) is 4.86. The Hall–Kier alpha value is -2.75. The first-order valence-corrected chi connectivity index (χ1v) is 8.47. The fourth-order valence-electron chi connectivity index (χ4n) is 2.60.